The maximum Gasteiger partial charge on any atom is 0.387 e. The summed E-state index contributed by atoms with van der Waals surface area (Å²) in [5.74, 6) is -0.476. The van der Waals surface area contributed by atoms with Crippen molar-refractivity contribution in [3.05, 3.63) is 24.3 Å². The van der Waals surface area contributed by atoms with Crippen LogP contribution in [-0.4, -0.2) is 43.7 Å². The lowest BCUT2D eigenvalue weighted by molar-refractivity contribution is -0.146. The molecule has 0 radical (unpaired) electrons. The molecule has 1 aromatic carbocycles. The molecule has 2 rings (SSSR count). The minimum atomic E-state index is -2.92. The van der Waals surface area contributed by atoms with E-state index in [1.165, 1.54) is 25.3 Å². The van der Waals surface area contributed by atoms with E-state index in [1.807, 2.05) is 0 Å². The summed E-state index contributed by atoms with van der Waals surface area (Å²) in [6, 6.07) is 5.45. The van der Waals surface area contributed by atoms with Gasteiger partial charge in [0.15, 0.2) is 0 Å². The number of esters is 1. The van der Waals surface area contributed by atoms with Gasteiger partial charge in [-0.1, -0.05) is 6.07 Å². The van der Waals surface area contributed by atoms with Crippen LogP contribution in [0, 0.1) is 5.92 Å². The number of hydrogen-bond donors (Lipinski definition) is 1. The quantitative estimate of drug-likeness (QED) is 0.863. The van der Waals surface area contributed by atoms with E-state index in [1.54, 1.807) is 11.0 Å². The van der Waals surface area contributed by atoms with Crippen LogP contribution in [0.3, 0.4) is 0 Å². The fourth-order valence-electron chi connectivity index (χ4n) is 2.44. The summed E-state index contributed by atoms with van der Waals surface area (Å²) in [6.07, 6.45) is 1.07. The highest BCUT2D eigenvalue weighted by molar-refractivity contribution is 5.89. The maximum atomic E-state index is 12.2. The number of halogens is 2. The number of methoxy groups -OCH3 is 1. The highest BCUT2D eigenvalue weighted by atomic mass is 19.3. The van der Waals surface area contributed by atoms with Gasteiger partial charge in [-0.3, -0.25) is 4.79 Å². The van der Waals surface area contributed by atoms with Crippen molar-refractivity contribution in [2.75, 3.05) is 25.5 Å². The molecule has 2 amide bonds. The van der Waals surface area contributed by atoms with Gasteiger partial charge >= 0.3 is 18.6 Å². The smallest absolute Gasteiger partial charge is 0.387 e. The number of amides is 2. The Hall–Kier alpha value is -2.38. The van der Waals surface area contributed by atoms with Gasteiger partial charge in [0, 0.05) is 24.8 Å². The zero-order valence-corrected chi connectivity index (χ0v) is 12.6. The van der Waals surface area contributed by atoms with Gasteiger partial charge in [-0.2, -0.15) is 8.78 Å². The predicted octanol–water partition coefficient (Wildman–Crippen LogP) is 2.70. The normalized spacial score (nSPS) is 15.4. The Kier molecular flexibility index (Phi) is 5.72. The lowest BCUT2D eigenvalue weighted by atomic mass is 9.97. The van der Waals surface area contributed by atoms with E-state index in [4.69, 9.17) is 4.74 Å². The molecule has 8 heteroatoms. The molecule has 0 aromatic heterocycles. The SMILES string of the molecule is COC(=O)C1CCN(C(=O)Nc2cccc(OC(F)F)c2)CC1. The van der Waals surface area contributed by atoms with Crippen LogP contribution in [0.5, 0.6) is 5.75 Å². The van der Waals surface area contributed by atoms with Crippen molar-refractivity contribution in [1.29, 1.82) is 0 Å². The Morgan fingerprint density at radius 3 is 2.61 bits per heavy atom. The first-order valence-corrected chi connectivity index (χ1v) is 7.18. The number of nitrogens with one attached hydrogen (secondary N) is 1. The second-order valence-electron chi connectivity index (χ2n) is 5.12. The van der Waals surface area contributed by atoms with Crippen LogP contribution in [-0.2, 0) is 9.53 Å². The van der Waals surface area contributed by atoms with Crippen LogP contribution in [0.1, 0.15) is 12.8 Å². The molecule has 6 nitrogen and oxygen atoms in total. The summed E-state index contributed by atoms with van der Waals surface area (Å²) in [4.78, 5) is 25.2. The first kappa shape index (κ1) is 17.0. The van der Waals surface area contributed by atoms with E-state index in [0.29, 0.717) is 31.6 Å². The van der Waals surface area contributed by atoms with Crippen molar-refractivity contribution in [2.24, 2.45) is 5.92 Å². The third kappa shape index (κ3) is 4.80. The van der Waals surface area contributed by atoms with Crippen LogP contribution in [0.15, 0.2) is 24.3 Å². The standard InChI is InChI=1S/C15H18F2N2O4/c1-22-13(20)10-5-7-19(8-6-10)15(21)18-11-3-2-4-12(9-11)23-14(16)17/h2-4,9-10,14H,5-8H2,1H3,(H,18,21). The molecule has 23 heavy (non-hydrogen) atoms. The second-order valence-corrected chi connectivity index (χ2v) is 5.12. The molecule has 1 aliphatic heterocycles. The first-order chi connectivity index (χ1) is 11.0. The molecule has 1 N–H and O–H groups in total. The largest absolute Gasteiger partial charge is 0.469 e. The van der Waals surface area contributed by atoms with E-state index >= 15 is 0 Å². The van der Waals surface area contributed by atoms with Crippen LogP contribution in [0.4, 0.5) is 19.3 Å². The summed E-state index contributed by atoms with van der Waals surface area (Å²) < 4.78 is 33.3. The molecule has 0 unspecified atom stereocenters. The zero-order valence-electron chi connectivity index (χ0n) is 12.6. The average molecular weight is 328 g/mol. The summed E-state index contributed by atoms with van der Waals surface area (Å²) >= 11 is 0. The van der Waals surface area contributed by atoms with Gasteiger partial charge in [-0.15, -0.1) is 0 Å². The Balaban J connectivity index is 1.89. The molecule has 1 aromatic rings. The van der Waals surface area contributed by atoms with Crippen molar-refractivity contribution in [2.45, 2.75) is 19.5 Å². The Morgan fingerprint density at radius 1 is 1.30 bits per heavy atom. The molecule has 1 heterocycles. The third-order valence-corrected chi connectivity index (χ3v) is 3.63. The van der Waals surface area contributed by atoms with Gasteiger partial charge in [0.25, 0.3) is 0 Å². The monoisotopic (exact) mass is 328 g/mol. The molecule has 0 spiro atoms. The van der Waals surface area contributed by atoms with E-state index < -0.39 is 6.61 Å². The molecule has 0 saturated carbocycles. The van der Waals surface area contributed by atoms with Crippen molar-refractivity contribution >= 4 is 17.7 Å². The van der Waals surface area contributed by atoms with Crippen molar-refractivity contribution in [3.8, 4) is 5.75 Å². The molecule has 126 valence electrons. The molecule has 0 atom stereocenters. The lowest BCUT2D eigenvalue weighted by Crippen LogP contribution is -2.42. The van der Waals surface area contributed by atoms with Gasteiger partial charge in [0.05, 0.1) is 13.0 Å². The number of ether oxygens (including phenoxy) is 2. The molecule has 1 aliphatic rings. The van der Waals surface area contributed by atoms with Crippen LogP contribution in [0.2, 0.25) is 0 Å². The lowest BCUT2D eigenvalue weighted by Gasteiger charge is -2.30. The number of anilines is 1. The van der Waals surface area contributed by atoms with E-state index in [9.17, 15) is 18.4 Å². The maximum absolute atomic E-state index is 12.2. The van der Waals surface area contributed by atoms with Gasteiger partial charge in [0.1, 0.15) is 5.75 Å². The Morgan fingerprint density at radius 2 is 2.00 bits per heavy atom. The molecular weight excluding hydrogens is 310 g/mol. The number of likely N-dealkylation sites (tertiary alicyclic amines) is 1. The number of hydrogen-bond acceptors (Lipinski definition) is 4. The number of carbonyl (C=O) groups is 2. The van der Waals surface area contributed by atoms with Gasteiger partial charge < -0.3 is 19.7 Å². The number of carbonyl (C=O) groups excluding carboxylic acids is 2. The van der Waals surface area contributed by atoms with Gasteiger partial charge in [-0.05, 0) is 25.0 Å². The second kappa shape index (κ2) is 7.75. The summed E-state index contributed by atoms with van der Waals surface area (Å²) in [5, 5.41) is 2.63. The van der Waals surface area contributed by atoms with E-state index in [2.05, 4.69) is 10.1 Å². The molecular formula is C15H18F2N2O4. The number of nitrogens with zero attached hydrogens (tertiary/aromatic N) is 1. The van der Waals surface area contributed by atoms with Crippen LogP contribution >= 0.6 is 0 Å². The number of benzene rings is 1. The van der Waals surface area contributed by atoms with Crippen molar-refractivity contribution in [1.82, 2.24) is 4.90 Å². The topological polar surface area (TPSA) is 67.9 Å². The van der Waals surface area contributed by atoms with Crippen LogP contribution in [0.25, 0.3) is 0 Å². The summed E-state index contributed by atoms with van der Waals surface area (Å²) in [6.45, 7) is -2.06. The Labute approximate surface area is 132 Å². The Bertz CT molecular complexity index is 560. The summed E-state index contributed by atoms with van der Waals surface area (Å²) in [7, 11) is 1.34. The minimum absolute atomic E-state index is 0.0257. The fraction of sp³-hybridized carbons (Fsp3) is 0.467. The minimum Gasteiger partial charge on any atom is -0.469 e. The molecule has 1 fully saturated rings. The fourth-order valence-corrected chi connectivity index (χ4v) is 2.44. The summed E-state index contributed by atoms with van der Waals surface area (Å²) in [5.41, 5.74) is 0.364. The van der Waals surface area contributed by atoms with Gasteiger partial charge in [0.2, 0.25) is 0 Å². The van der Waals surface area contributed by atoms with Crippen molar-refractivity contribution in [3.63, 3.8) is 0 Å². The third-order valence-electron chi connectivity index (χ3n) is 3.63. The highest BCUT2D eigenvalue weighted by Crippen LogP contribution is 2.22. The van der Waals surface area contributed by atoms with E-state index in [-0.39, 0.29) is 23.7 Å². The van der Waals surface area contributed by atoms with E-state index in [0.717, 1.165) is 0 Å². The number of urea groups is 1. The average Bonchev–Trinajstić information content (AvgIpc) is 2.54. The number of rotatable bonds is 4. The van der Waals surface area contributed by atoms with Crippen LogP contribution < -0.4 is 10.1 Å². The predicted molar refractivity (Wildman–Crippen MR) is 78.4 cm³/mol. The first-order valence-electron chi connectivity index (χ1n) is 7.18. The zero-order chi connectivity index (χ0) is 16.8. The van der Waals surface area contributed by atoms with Gasteiger partial charge in [-0.25, -0.2) is 4.79 Å². The number of piperidine rings is 1. The molecule has 0 bridgehead atoms. The van der Waals surface area contributed by atoms with Crippen molar-refractivity contribution < 1.29 is 27.8 Å². The number of alkyl halides is 2. The molecule has 0 aliphatic carbocycles. The highest BCUT2D eigenvalue weighted by Gasteiger charge is 2.27. The molecule has 1 saturated heterocycles.